The van der Waals surface area contributed by atoms with Gasteiger partial charge < -0.3 is 0 Å². The molecule has 0 fully saturated rings. The Morgan fingerprint density at radius 1 is 1.46 bits per heavy atom. The summed E-state index contributed by atoms with van der Waals surface area (Å²) in [7, 11) is 1.81. The maximum atomic E-state index is 3.89. The van der Waals surface area contributed by atoms with Crippen molar-refractivity contribution in [2.45, 2.75) is 13.4 Å². The van der Waals surface area contributed by atoms with Crippen molar-refractivity contribution in [3.63, 3.8) is 0 Å². The predicted molar refractivity (Wildman–Crippen MR) is 64.6 cm³/mol. The molecule has 0 radical (unpaired) electrons. The number of aryl methyl sites for hydroxylation is 1. The Balaban J connectivity index is 2.69. The third-order valence-corrected chi connectivity index (χ3v) is 3.05. The molecule has 8 heteroatoms. The lowest BCUT2D eigenvalue weighted by atomic mass is 10.3. The molecule has 1 aromatic heterocycles. The Morgan fingerprint density at radius 2 is 2.08 bits per heavy atom. The minimum absolute atomic E-state index is 0.0885. The van der Waals surface area contributed by atoms with Crippen LogP contribution in [0.5, 0.6) is 0 Å². The van der Waals surface area contributed by atoms with E-state index in [1.165, 1.54) is 0 Å². The number of tetrazole rings is 1. The fourth-order valence-corrected chi connectivity index (χ4v) is 3.94. The highest BCUT2D eigenvalue weighted by Gasteiger charge is 2.26. The van der Waals surface area contributed by atoms with Crippen LogP contribution in [0.15, 0.2) is 0 Å². The molecule has 0 aromatic carbocycles. The monoisotopic (exact) mass is 438 g/mol. The summed E-state index contributed by atoms with van der Waals surface area (Å²) in [6, 6.07) is 0. The van der Waals surface area contributed by atoms with Crippen molar-refractivity contribution in [1.29, 1.82) is 0 Å². The van der Waals surface area contributed by atoms with E-state index in [4.69, 9.17) is 0 Å². The Morgan fingerprint density at radius 3 is 2.46 bits per heavy atom. The maximum absolute atomic E-state index is 3.89. The van der Waals surface area contributed by atoms with Gasteiger partial charge in [-0.25, -0.2) is 4.68 Å². The summed E-state index contributed by atoms with van der Waals surface area (Å²) in [5, 5.41) is 11.2. The summed E-state index contributed by atoms with van der Waals surface area (Å²) in [4.78, 5) is 0.0885. The van der Waals surface area contributed by atoms with Crippen LogP contribution in [0.2, 0.25) is 0 Å². The van der Waals surface area contributed by atoms with Crippen molar-refractivity contribution in [3.8, 4) is 0 Å². The Labute approximate surface area is 109 Å². The van der Waals surface area contributed by atoms with Gasteiger partial charge in [0.25, 0.3) is 0 Å². The number of nitrogens with zero attached hydrogens (tertiary/aromatic N) is 4. The van der Waals surface area contributed by atoms with E-state index in [1.807, 2.05) is 7.05 Å². The third kappa shape index (κ3) is 3.93. The zero-order valence-corrected chi connectivity index (χ0v) is 12.9. The lowest BCUT2D eigenvalue weighted by Crippen LogP contribution is -2.09. The SMILES string of the molecule is Cn1nnnc1C(Br)CC(Br)(Br)Br. The summed E-state index contributed by atoms with van der Waals surface area (Å²) < 4.78 is 1.35. The van der Waals surface area contributed by atoms with E-state index in [0.717, 1.165) is 12.2 Å². The van der Waals surface area contributed by atoms with E-state index in [-0.39, 0.29) is 6.97 Å². The van der Waals surface area contributed by atoms with Crippen LogP contribution in [-0.2, 0) is 7.05 Å². The fourth-order valence-electron chi connectivity index (χ4n) is 0.796. The highest BCUT2D eigenvalue weighted by atomic mass is 80.0. The van der Waals surface area contributed by atoms with Gasteiger partial charge in [-0.05, 0) is 10.4 Å². The van der Waals surface area contributed by atoms with Crippen molar-refractivity contribution < 1.29 is 0 Å². The van der Waals surface area contributed by atoms with Crippen LogP contribution in [0.4, 0.5) is 0 Å². The van der Waals surface area contributed by atoms with Gasteiger partial charge in [0, 0.05) is 13.5 Å². The molecule has 0 saturated carbocycles. The van der Waals surface area contributed by atoms with Crippen molar-refractivity contribution in [2.75, 3.05) is 0 Å². The molecule has 1 heterocycles. The molecule has 1 rings (SSSR count). The van der Waals surface area contributed by atoms with Gasteiger partial charge in [0.2, 0.25) is 0 Å². The summed E-state index contributed by atoms with van der Waals surface area (Å²) in [6.07, 6.45) is 0.765. The zero-order chi connectivity index (χ0) is 10.1. The second kappa shape index (κ2) is 4.67. The Kier molecular flexibility index (Phi) is 4.34. The molecule has 1 unspecified atom stereocenters. The molecule has 0 bridgehead atoms. The van der Waals surface area contributed by atoms with E-state index in [2.05, 4.69) is 79.2 Å². The molecule has 0 N–H and O–H groups in total. The molecule has 13 heavy (non-hydrogen) atoms. The summed E-state index contributed by atoms with van der Waals surface area (Å²) in [5.41, 5.74) is 0. The average Bonchev–Trinajstić information content (AvgIpc) is 2.30. The Hall–Kier alpha value is 0.990. The molecular weight excluding hydrogens is 436 g/mol. The lowest BCUT2D eigenvalue weighted by molar-refractivity contribution is 0.664. The van der Waals surface area contributed by atoms with Crippen LogP contribution in [-0.4, -0.2) is 22.4 Å². The standard InChI is InChI=1S/C5H6Br4N4/c1-13-4(10-11-12-13)3(6)2-5(7,8)9/h3H,2H2,1H3. The van der Waals surface area contributed by atoms with Gasteiger partial charge >= 0.3 is 0 Å². The predicted octanol–water partition coefficient (Wildman–Crippen LogP) is 2.87. The molecule has 0 aliphatic carbocycles. The summed E-state index contributed by atoms with van der Waals surface area (Å²) in [5.74, 6) is 0.794. The van der Waals surface area contributed by atoms with Gasteiger partial charge in [-0.15, -0.1) is 5.10 Å². The van der Waals surface area contributed by atoms with E-state index in [1.54, 1.807) is 4.68 Å². The normalized spacial score (nSPS) is 14.5. The zero-order valence-electron chi connectivity index (χ0n) is 6.59. The molecule has 0 aliphatic rings. The molecule has 0 spiro atoms. The fraction of sp³-hybridized carbons (Fsp3) is 0.800. The molecular formula is C5H6Br4N4. The van der Waals surface area contributed by atoms with Crippen molar-refractivity contribution in [1.82, 2.24) is 20.2 Å². The smallest absolute Gasteiger partial charge is 0.164 e. The van der Waals surface area contributed by atoms with Crippen LogP contribution >= 0.6 is 63.7 Å². The van der Waals surface area contributed by atoms with Crippen molar-refractivity contribution in [2.24, 2.45) is 7.05 Å². The number of aromatic nitrogens is 4. The average molecular weight is 442 g/mol. The number of alkyl halides is 4. The van der Waals surface area contributed by atoms with Gasteiger partial charge in [-0.2, -0.15) is 0 Å². The minimum atomic E-state index is -0.285. The van der Waals surface area contributed by atoms with Crippen LogP contribution in [0.1, 0.15) is 17.1 Å². The summed E-state index contributed by atoms with van der Waals surface area (Å²) >= 11 is 13.7. The number of hydrogen-bond donors (Lipinski definition) is 0. The molecule has 4 nitrogen and oxygen atoms in total. The largest absolute Gasteiger partial charge is 0.232 e. The molecule has 0 saturated heterocycles. The molecule has 1 aromatic rings. The molecule has 0 amide bonds. The Bertz CT molecular complexity index is 280. The minimum Gasteiger partial charge on any atom is -0.232 e. The quantitative estimate of drug-likeness (QED) is 0.663. The highest BCUT2D eigenvalue weighted by molar-refractivity contribution is 9.39. The van der Waals surface area contributed by atoms with Crippen molar-refractivity contribution >= 4 is 63.7 Å². The van der Waals surface area contributed by atoms with E-state index in [9.17, 15) is 0 Å². The third-order valence-electron chi connectivity index (χ3n) is 1.34. The van der Waals surface area contributed by atoms with Crippen molar-refractivity contribution in [3.05, 3.63) is 5.82 Å². The maximum Gasteiger partial charge on any atom is 0.164 e. The van der Waals surface area contributed by atoms with Crippen LogP contribution in [0.25, 0.3) is 0 Å². The van der Waals surface area contributed by atoms with E-state index >= 15 is 0 Å². The number of hydrogen-bond acceptors (Lipinski definition) is 3. The first kappa shape index (κ1) is 12.1. The van der Waals surface area contributed by atoms with Crippen LogP contribution < -0.4 is 0 Å². The van der Waals surface area contributed by atoms with Gasteiger partial charge in [0.05, 0.1) is 4.83 Å². The second-order valence-electron chi connectivity index (χ2n) is 2.45. The summed E-state index contributed by atoms with van der Waals surface area (Å²) in [6.45, 7) is 0. The first-order chi connectivity index (χ1) is 5.90. The number of rotatable bonds is 2. The molecule has 74 valence electrons. The highest BCUT2D eigenvalue weighted by Crippen LogP contribution is 2.43. The van der Waals surface area contributed by atoms with E-state index in [0.29, 0.717) is 0 Å². The van der Waals surface area contributed by atoms with Crippen LogP contribution in [0, 0.1) is 0 Å². The van der Waals surface area contributed by atoms with Gasteiger partial charge in [0.15, 0.2) is 5.82 Å². The van der Waals surface area contributed by atoms with Gasteiger partial charge in [0.1, 0.15) is 2.14 Å². The van der Waals surface area contributed by atoms with Crippen LogP contribution in [0.3, 0.4) is 0 Å². The second-order valence-corrected chi connectivity index (χ2v) is 10.8. The van der Waals surface area contributed by atoms with Gasteiger partial charge in [-0.1, -0.05) is 63.7 Å². The van der Waals surface area contributed by atoms with E-state index < -0.39 is 0 Å². The lowest BCUT2D eigenvalue weighted by Gasteiger charge is -2.15. The number of halogens is 4. The molecule has 0 aliphatic heterocycles. The first-order valence-electron chi connectivity index (χ1n) is 3.33. The first-order valence-corrected chi connectivity index (χ1v) is 6.62. The molecule has 1 atom stereocenters. The topological polar surface area (TPSA) is 43.6 Å². The van der Waals surface area contributed by atoms with Gasteiger partial charge in [-0.3, -0.25) is 0 Å².